The summed E-state index contributed by atoms with van der Waals surface area (Å²) in [5.74, 6) is -0.0648. The van der Waals surface area contributed by atoms with Gasteiger partial charge < -0.3 is 10.2 Å². The van der Waals surface area contributed by atoms with Crippen LogP contribution in [-0.2, 0) is 27.3 Å². The van der Waals surface area contributed by atoms with Crippen molar-refractivity contribution in [1.29, 1.82) is 0 Å². The molecule has 3 aromatic rings. The second-order valence-corrected chi connectivity index (χ2v) is 9.92. The molecule has 178 valence electrons. The first kappa shape index (κ1) is 28.3. The molecule has 6 heteroatoms. The zero-order valence-corrected chi connectivity index (χ0v) is 21.7. The minimum atomic E-state index is -0.347. The van der Waals surface area contributed by atoms with Gasteiger partial charge in [-0.2, -0.15) is 0 Å². The van der Waals surface area contributed by atoms with Gasteiger partial charge in [0, 0.05) is 12.4 Å². The summed E-state index contributed by atoms with van der Waals surface area (Å²) in [4.78, 5) is 12.6. The molecule has 2 aromatic carbocycles. The maximum Gasteiger partial charge on any atom is 2.00 e. The molecule has 3 rings (SSSR count). The molecule has 0 aliphatic rings. The summed E-state index contributed by atoms with van der Waals surface area (Å²) in [7, 11) is 0. The van der Waals surface area contributed by atoms with E-state index in [1.54, 1.807) is 36.8 Å². The molecule has 0 N–H and O–H groups in total. The van der Waals surface area contributed by atoms with Gasteiger partial charge in [0.15, 0.2) is 5.82 Å². The standard InChI is InChI=1S/C14H22O2.C13H13N3.Ni/c1-13(2,3)9-7-8-10(14(4,5)6)12(16)11(9)15;1-10-5-3-6-11(2)13(10)16-9-12-14-7-4-8-15-12;/h7-8,15-16H,1-6H3;3-9H,1-2H3;/q;;+2/p-2. The van der Waals surface area contributed by atoms with Gasteiger partial charge in [0.05, 0.1) is 11.9 Å². The Morgan fingerprint density at radius 1 is 0.727 bits per heavy atom. The minimum absolute atomic E-state index is 0. The van der Waals surface area contributed by atoms with Crippen LogP contribution in [0.5, 0.6) is 11.5 Å². The number of aromatic nitrogens is 2. The van der Waals surface area contributed by atoms with Crippen LogP contribution in [0.1, 0.15) is 69.6 Å². The van der Waals surface area contributed by atoms with Crippen LogP contribution in [0.4, 0.5) is 5.69 Å². The molecule has 0 fully saturated rings. The number of benzene rings is 2. The number of hydrogen-bond acceptors (Lipinski definition) is 5. The minimum Gasteiger partial charge on any atom is -0.873 e. The van der Waals surface area contributed by atoms with E-state index in [1.165, 1.54) is 0 Å². The molecule has 5 nitrogen and oxygen atoms in total. The molecular formula is C27H33N3NiO2. The average molecular weight is 490 g/mol. The predicted octanol–water partition coefficient (Wildman–Crippen LogP) is 5.27. The summed E-state index contributed by atoms with van der Waals surface area (Å²) in [5, 5.41) is 23.9. The molecule has 0 atom stereocenters. The van der Waals surface area contributed by atoms with E-state index < -0.39 is 0 Å². The van der Waals surface area contributed by atoms with Gasteiger partial charge in [-0.3, -0.25) is 4.99 Å². The van der Waals surface area contributed by atoms with Gasteiger partial charge in [-0.15, -0.1) is 11.5 Å². The van der Waals surface area contributed by atoms with E-state index in [0.29, 0.717) is 17.0 Å². The summed E-state index contributed by atoms with van der Waals surface area (Å²) in [5.41, 5.74) is 3.98. The average Bonchev–Trinajstić information content (AvgIpc) is 2.69. The Morgan fingerprint density at radius 3 is 1.55 bits per heavy atom. The SMILES string of the molecule is CC(C)(C)c1ccc(C(C)(C)C)c([O-])c1[O-].Cc1cccc(C)c1N=Cc1ncccn1.[Ni+2]. The third-order valence-corrected chi connectivity index (χ3v) is 5.06. The van der Waals surface area contributed by atoms with Gasteiger partial charge >= 0.3 is 16.5 Å². The van der Waals surface area contributed by atoms with Gasteiger partial charge in [-0.25, -0.2) is 9.97 Å². The molecule has 0 amide bonds. The normalized spacial score (nSPS) is 11.5. The fourth-order valence-corrected chi connectivity index (χ4v) is 3.25. The zero-order valence-electron chi connectivity index (χ0n) is 20.7. The van der Waals surface area contributed by atoms with Crippen molar-refractivity contribution in [3.8, 4) is 11.5 Å². The Balaban J connectivity index is 0.000000320. The predicted molar refractivity (Wildman–Crippen MR) is 128 cm³/mol. The maximum absolute atomic E-state index is 12.0. The monoisotopic (exact) mass is 489 g/mol. The van der Waals surface area contributed by atoms with Crippen molar-refractivity contribution in [2.75, 3.05) is 0 Å². The van der Waals surface area contributed by atoms with Crippen molar-refractivity contribution >= 4 is 11.9 Å². The van der Waals surface area contributed by atoms with Gasteiger partial charge in [0.1, 0.15) is 0 Å². The fourth-order valence-electron chi connectivity index (χ4n) is 3.25. The van der Waals surface area contributed by atoms with Crippen molar-refractivity contribution in [1.82, 2.24) is 9.97 Å². The first-order valence-corrected chi connectivity index (χ1v) is 10.7. The van der Waals surface area contributed by atoms with E-state index in [0.717, 1.165) is 16.8 Å². The number of hydrogen-bond donors (Lipinski definition) is 0. The summed E-state index contributed by atoms with van der Waals surface area (Å²) in [6.07, 6.45) is 5.10. The molecule has 0 radical (unpaired) electrons. The molecule has 0 aliphatic heterocycles. The quantitative estimate of drug-likeness (QED) is 0.362. The molecule has 0 unspecified atom stereocenters. The second-order valence-electron chi connectivity index (χ2n) is 9.92. The Labute approximate surface area is 208 Å². The number of aryl methyl sites for hydroxylation is 2. The van der Waals surface area contributed by atoms with Gasteiger partial charge in [-0.05, 0) is 41.9 Å². The molecule has 1 heterocycles. The Bertz CT molecular complexity index is 1020. The van der Waals surface area contributed by atoms with Crippen molar-refractivity contribution < 1.29 is 26.7 Å². The molecular weight excluding hydrogens is 457 g/mol. The van der Waals surface area contributed by atoms with Crippen LogP contribution in [0.25, 0.3) is 0 Å². The summed E-state index contributed by atoms with van der Waals surface area (Å²) >= 11 is 0. The molecule has 33 heavy (non-hydrogen) atoms. The topological polar surface area (TPSA) is 84.3 Å². The number of aliphatic imine (C=N–C) groups is 1. The molecule has 0 bridgehead atoms. The molecule has 0 spiro atoms. The Morgan fingerprint density at radius 2 is 1.15 bits per heavy atom. The third-order valence-electron chi connectivity index (χ3n) is 5.06. The summed E-state index contributed by atoms with van der Waals surface area (Å²) < 4.78 is 0. The smallest absolute Gasteiger partial charge is 0.873 e. The van der Waals surface area contributed by atoms with Crippen LogP contribution in [0.15, 0.2) is 53.8 Å². The maximum atomic E-state index is 12.0. The first-order valence-electron chi connectivity index (χ1n) is 10.7. The fraction of sp³-hybridized carbons (Fsp3) is 0.370. The number of rotatable bonds is 2. The third kappa shape index (κ3) is 7.68. The van der Waals surface area contributed by atoms with Crippen LogP contribution < -0.4 is 10.2 Å². The van der Waals surface area contributed by atoms with E-state index in [2.05, 4.69) is 15.0 Å². The number of nitrogens with zero attached hydrogens (tertiary/aromatic N) is 3. The van der Waals surface area contributed by atoms with Crippen LogP contribution in [-0.4, -0.2) is 16.2 Å². The van der Waals surface area contributed by atoms with Crippen LogP contribution >= 0.6 is 0 Å². The van der Waals surface area contributed by atoms with E-state index in [1.807, 2.05) is 73.6 Å². The Hall–Kier alpha value is -2.72. The molecule has 1 aromatic heterocycles. The number of para-hydroxylation sites is 1. The van der Waals surface area contributed by atoms with Crippen LogP contribution in [0, 0.1) is 13.8 Å². The Kier molecular flexibility index (Phi) is 9.80. The second kappa shape index (κ2) is 11.4. The van der Waals surface area contributed by atoms with Gasteiger partial charge in [0.25, 0.3) is 0 Å². The molecule has 0 aliphatic carbocycles. The zero-order chi connectivity index (χ0) is 24.1. The van der Waals surface area contributed by atoms with Crippen LogP contribution in [0.3, 0.4) is 0 Å². The van der Waals surface area contributed by atoms with E-state index >= 15 is 0 Å². The van der Waals surface area contributed by atoms with Gasteiger partial charge in [-0.1, -0.05) is 83.0 Å². The first-order chi connectivity index (χ1) is 14.8. The summed E-state index contributed by atoms with van der Waals surface area (Å²) in [6, 6.07) is 11.5. The molecule has 0 saturated heterocycles. The van der Waals surface area contributed by atoms with Crippen molar-refractivity contribution in [2.45, 2.75) is 66.2 Å². The van der Waals surface area contributed by atoms with Gasteiger partial charge in [0.2, 0.25) is 0 Å². The van der Waals surface area contributed by atoms with E-state index in [9.17, 15) is 10.2 Å². The largest absolute Gasteiger partial charge is 2.00 e. The van der Waals surface area contributed by atoms with Crippen molar-refractivity contribution in [3.63, 3.8) is 0 Å². The van der Waals surface area contributed by atoms with Crippen molar-refractivity contribution in [2.24, 2.45) is 4.99 Å². The summed E-state index contributed by atoms with van der Waals surface area (Å²) in [6.45, 7) is 15.8. The van der Waals surface area contributed by atoms with Crippen molar-refractivity contribution in [3.05, 3.63) is 76.9 Å². The van der Waals surface area contributed by atoms with Crippen LogP contribution in [0.2, 0.25) is 0 Å². The van der Waals surface area contributed by atoms with E-state index in [-0.39, 0.29) is 38.8 Å². The van der Waals surface area contributed by atoms with E-state index in [4.69, 9.17) is 0 Å². The molecule has 0 saturated carbocycles.